The highest BCUT2D eigenvalue weighted by Crippen LogP contribution is 2.24. The number of ether oxygens (including phenoxy) is 1. The summed E-state index contributed by atoms with van der Waals surface area (Å²) in [7, 11) is 0. The first-order chi connectivity index (χ1) is 18.6. The number of carbonyl (C=O) groups excluding carboxylic acids is 1. The second-order valence-electron chi connectivity index (χ2n) is 9.58. The van der Waals surface area contributed by atoms with Gasteiger partial charge >= 0.3 is 5.97 Å². The summed E-state index contributed by atoms with van der Waals surface area (Å²) in [5.74, 6) is -0.889. The van der Waals surface area contributed by atoms with Crippen LogP contribution in [0.1, 0.15) is 47.2 Å². The average Bonchev–Trinajstić information content (AvgIpc) is 2.96. The number of aliphatic carboxylic acids is 1. The SMILES string of the molecule is O=C(CC(CCCc1ccccc1)C(=O)O)c1ccc(-c2ccc(OCCCc3ccccc3)cc2)cc1. The zero-order valence-electron chi connectivity index (χ0n) is 21.6. The Labute approximate surface area is 224 Å². The van der Waals surface area contributed by atoms with Crippen molar-refractivity contribution in [1.29, 1.82) is 0 Å². The molecule has 0 saturated heterocycles. The summed E-state index contributed by atoms with van der Waals surface area (Å²) in [6, 6.07) is 35.7. The van der Waals surface area contributed by atoms with Crippen LogP contribution in [0.3, 0.4) is 0 Å². The van der Waals surface area contributed by atoms with Crippen molar-refractivity contribution in [3.63, 3.8) is 0 Å². The fourth-order valence-corrected chi connectivity index (χ4v) is 4.55. The third-order valence-corrected chi connectivity index (χ3v) is 6.76. The highest BCUT2D eigenvalue weighted by atomic mass is 16.5. The van der Waals surface area contributed by atoms with E-state index in [1.807, 2.05) is 72.8 Å². The standard InChI is InChI=1S/C34H34O4/c35-33(25-31(34(36)37)15-7-13-26-9-3-1-4-10-26)30-18-16-28(17-19-30)29-20-22-32(23-21-29)38-24-8-14-27-11-5-2-6-12-27/h1-6,9-12,16-23,31H,7-8,13-15,24-25H2,(H,36,37). The number of carbonyl (C=O) groups is 2. The molecule has 4 heteroatoms. The minimum absolute atomic E-state index is 0.0137. The molecular weight excluding hydrogens is 472 g/mol. The summed E-state index contributed by atoms with van der Waals surface area (Å²) in [5, 5.41) is 9.64. The van der Waals surface area contributed by atoms with Crippen molar-refractivity contribution in [1.82, 2.24) is 0 Å². The molecule has 0 heterocycles. The maximum absolute atomic E-state index is 12.8. The van der Waals surface area contributed by atoms with Crippen LogP contribution >= 0.6 is 0 Å². The lowest BCUT2D eigenvalue weighted by molar-refractivity contribution is -0.141. The van der Waals surface area contributed by atoms with Crippen LogP contribution in [-0.2, 0) is 17.6 Å². The quantitative estimate of drug-likeness (QED) is 0.141. The van der Waals surface area contributed by atoms with Crippen LogP contribution in [-0.4, -0.2) is 23.5 Å². The summed E-state index contributed by atoms with van der Waals surface area (Å²) in [4.78, 5) is 24.6. The van der Waals surface area contributed by atoms with Gasteiger partial charge in [-0.25, -0.2) is 0 Å². The summed E-state index contributed by atoms with van der Waals surface area (Å²) < 4.78 is 5.89. The summed E-state index contributed by atoms with van der Waals surface area (Å²) in [6.45, 7) is 0.661. The van der Waals surface area contributed by atoms with Crippen LogP contribution in [0, 0.1) is 5.92 Å². The number of hydrogen-bond acceptors (Lipinski definition) is 3. The van der Waals surface area contributed by atoms with E-state index in [0.29, 0.717) is 18.6 Å². The van der Waals surface area contributed by atoms with Gasteiger partial charge in [0.1, 0.15) is 5.75 Å². The minimum Gasteiger partial charge on any atom is -0.494 e. The fraction of sp³-hybridized carbons (Fsp3) is 0.235. The van der Waals surface area contributed by atoms with Gasteiger partial charge in [0.25, 0.3) is 0 Å². The topological polar surface area (TPSA) is 63.6 Å². The highest BCUT2D eigenvalue weighted by molar-refractivity contribution is 5.98. The number of ketones is 1. The predicted molar refractivity (Wildman–Crippen MR) is 152 cm³/mol. The largest absolute Gasteiger partial charge is 0.494 e. The molecule has 0 aliphatic heterocycles. The maximum Gasteiger partial charge on any atom is 0.306 e. The van der Waals surface area contributed by atoms with Crippen molar-refractivity contribution in [2.45, 2.75) is 38.5 Å². The number of carboxylic acids is 1. The number of carboxylic acid groups (broad SMARTS) is 1. The molecule has 4 aromatic rings. The van der Waals surface area contributed by atoms with Gasteiger partial charge in [0, 0.05) is 12.0 Å². The zero-order chi connectivity index (χ0) is 26.6. The molecule has 4 rings (SSSR count). The molecule has 4 aromatic carbocycles. The lowest BCUT2D eigenvalue weighted by Crippen LogP contribution is -2.18. The second kappa shape index (κ2) is 13.9. The van der Waals surface area contributed by atoms with Crippen LogP contribution in [0.5, 0.6) is 5.75 Å². The molecule has 0 spiro atoms. The lowest BCUT2D eigenvalue weighted by atomic mass is 9.92. The molecular formula is C34H34O4. The molecule has 0 aliphatic rings. The molecule has 0 aromatic heterocycles. The van der Waals surface area contributed by atoms with Gasteiger partial charge in [-0.2, -0.15) is 0 Å². The maximum atomic E-state index is 12.8. The normalized spacial score (nSPS) is 11.6. The van der Waals surface area contributed by atoms with Crippen molar-refractivity contribution in [2.75, 3.05) is 6.61 Å². The molecule has 1 atom stereocenters. The number of Topliss-reactive ketones (excluding diaryl/α,β-unsaturated/α-hetero) is 1. The van der Waals surface area contributed by atoms with Crippen LogP contribution in [0.4, 0.5) is 0 Å². The van der Waals surface area contributed by atoms with Crippen molar-refractivity contribution < 1.29 is 19.4 Å². The van der Waals surface area contributed by atoms with Gasteiger partial charge in [-0.1, -0.05) is 97.1 Å². The smallest absolute Gasteiger partial charge is 0.306 e. The minimum atomic E-state index is -0.912. The van der Waals surface area contributed by atoms with Gasteiger partial charge in [0.15, 0.2) is 5.78 Å². The first-order valence-electron chi connectivity index (χ1n) is 13.3. The number of aryl methyl sites for hydroxylation is 2. The highest BCUT2D eigenvalue weighted by Gasteiger charge is 2.21. The third-order valence-electron chi connectivity index (χ3n) is 6.76. The average molecular weight is 507 g/mol. The van der Waals surface area contributed by atoms with E-state index in [1.165, 1.54) is 11.1 Å². The molecule has 194 valence electrons. The van der Waals surface area contributed by atoms with Crippen molar-refractivity contribution in [3.8, 4) is 16.9 Å². The van der Waals surface area contributed by atoms with Gasteiger partial charge in [0.05, 0.1) is 12.5 Å². The van der Waals surface area contributed by atoms with Gasteiger partial charge in [-0.05, 0) is 66.5 Å². The number of rotatable bonds is 14. The predicted octanol–water partition coefficient (Wildman–Crippen LogP) is 7.66. The van der Waals surface area contributed by atoms with E-state index in [1.54, 1.807) is 12.1 Å². The first-order valence-corrected chi connectivity index (χ1v) is 13.3. The Morgan fingerprint density at radius 1 is 0.658 bits per heavy atom. The first kappa shape index (κ1) is 26.9. The Morgan fingerprint density at radius 2 is 1.18 bits per heavy atom. The summed E-state index contributed by atoms with van der Waals surface area (Å²) in [6.07, 6.45) is 3.99. The van der Waals surface area contributed by atoms with Crippen molar-refractivity contribution in [2.24, 2.45) is 5.92 Å². The van der Waals surface area contributed by atoms with E-state index < -0.39 is 11.9 Å². The summed E-state index contributed by atoms with van der Waals surface area (Å²) in [5.41, 5.74) is 5.07. The van der Waals surface area contributed by atoms with E-state index in [-0.39, 0.29) is 12.2 Å². The van der Waals surface area contributed by atoms with Crippen LogP contribution in [0.2, 0.25) is 0 Å². The van der Waals surface area contributed by atoms with Crippen LogP contribution in [0.15, 0.2) is 109 Å². The molecule has 1 unspecified atom stereocenters. The molecule has 0 radical (unpaired) electrons. The Bertz CT molecular complexity index is 1280. The van der Waals surface area contributed by atoms with Crippen molar-refractivity contribution >= 4 is 11.8 Å². The van der Waals surface area contributed by atoms with Gasteiger partial charge in [-0.15, -0.1) is 0 Å². The molecule has 4 nitrogen and oxygen atoms in total. The van der Waals surface area contributed by atoms with E-state index in [0.717, 1.165) is 42.6 Å². The van der Waals surface area contributed by atoms with Gasteiger partial charge in [0.2, 0.25) is 0 Å². The molecule has 0 bridgehead atoms. The molecule has 38 heavy (non-hydrogen) atoms. The van der Waals surface area contributed by atoms with Gasteiger partial charge in [-0.3, -0.25) is 9.59 Å². The monoisotopic (exact) mass is 506 g/mol. The van der Waals surface area contributed by atoms with Gasteiger partial charge < -0.3 is 9.84 Å². The molecule has 0 aliphatic carbocycles. The van der Waals surface area contributed by atoms with E-state index >= 15 is 0 Å². The van der Waals surface area contributed by atoms with Crippen LogP contribution < -0.4 is 4.74 Å². The lowest BCUT2D eigenvalue weighted by Gasteiger charge is -2.12. The number of benzene rings is 4. The molecule has 0 fully saturated rings. The van der Waals surface area contributed by atoms with E-state index in [2.05, 4.69) is 24.3 Å². The fourth-order valence-electron chi connectivity index (χ4n) is 4.55. The molecule has 0 saturated carbocycles. The Kier molecular flexibility index (Phi) is 9.86. The number of hydrogen-bond donors (Lipinski definition) is 1. The Morgan fingerprint density at radius 3 is 1.74 bits per heavy atom. The van der Waals surface area contributed by atoms with E-state index in [9.17, 15) is 14.7 Å². The molecule has 0 amide bonds. The Hall–Kier alpha value is -4.18. The molecule has 1 N–H and O–H groups in total. The second-order valence-corrected chi connectivity index (χ2v) is 9.58. The van der Waals surface area contributed by atoms with Crippen molar-refractivity contribution in [3.05, 3.63) is 126 Å². The zero-order valence-corrected chi connectivity index (χ0v) is 21.6. The van der Waals surface area contributed by atoms with E-state index in [4.69, 9.17) is 4.74 Å². The Balaban J connectivity index is 1.25. The third kappa shape index (κ3) is 8.17. The summed E-state index contributed by atoms with van der Waals surface area (Å²) >= 11 is 0. The van der Waals surface area contributed by atoms with Crippen LogP contribution in [0.25, 0.3) is 11.1 Å².